The van der Waals surface area contributed by atoms with Crippen LogP contribution in [0.5, 0.6) is 0 Å². The van der Waals surface area contributed by atoms with Crippen molar-refractivity contribution < 1.29 is 33.3 Å². The number of amides is 1. The molecule has 0 radical (unpaired) electrons. The lowest BCUT2D eigenvalue weighted by molar-refractivity contribution is -0.174. The molecule has 9 heteroatoms. The van der Waals surface area contributed by atoms with Gasteiger partial charge < -0.3 is 14.8 Å². The lowest BCUT2D eigenvalue weighted by Crippen LogP contribution is -2.56. The molecule has 0 fully saturated rings. The average Bonchev–Trinajstić information content (AvgIpc) is 2.42. The van der Waals surface area contributed by atoms with E-state index in [4.69, 9.17) is 9.47 Å². The molecule has 0 saturated carbocycles. The molecule has 23 heavy (non-hydrogen) atoms. The molecule has 0 heterocycles. The Morgan fingerprint density at radius 3 is 1.83 bits per heavy atom. The van der Waals surface area contributed by atoms with Crippen molar-refractivity contribution in [2.75, 3.05) is 13.2 Å². The molecule has 0 aliphatic rings. The number of hydrogen-bond acceptors (Lipinski definition) is 6. The Morgan fingerprint density at radius 1 is 1.13 bits per heavy atom. The van der Waals surface area contributed by atoms with Gasteiger partial charge in [0, 0.05) is 6.92 Å². The monoisotopic (exact) mass is 350 g/mol. The quantitative estimate of drug-likeness (QED) is 0.366. The largest absolute Gasteiger partial charge is 0.532 e. The Bertz CT molecular complexity index is 446. The highest BCUT2D eigenvalue weighted by atomic mass is 31.1. The second kappa shape index (κ2) is 9.57. The van der Waals surface area contributed by atoms with Crippen LogP contribution in [0, 0.1) is 11.3 Å². The third-order valence-electron chi connectivity index (χ3n) is 3.04. The highest BCUT2D eigenvalue weighted by Gasteiger charge is 2.64. The van der Waals surface area contributed by atoms with Crippen molar-refractivity contribution in [1.29, 1.82) is 0 Å². The van der Waals surface area contributed by atoms with Crippen molar-refractivity contribution >= 4 is 25.9 Å². The first-order valence-electron chi connectivity index (χ1n) is 7.40. The van der Waals surface area contributed by atoms with Crippen molar-refractivity contribution in [2.45, 2.75) is 46.8 Å². The summed E-state index contributed by atoms with van der Waals surface area (Å²) in [5.41, 5.74) is -2.08. The molecule has 8 nitrogen and oxygen atoms in total. The highest BCUT2D eigenvalue weighted by molar-refractivity contribution is 7.39. The van der Waals surface area contributed by atoms with Crippen LogP contribution in [0.15, 0.2) is 0 Å². The van der Waals surface area contributed by atoms with Gasteiger partial charge in [-0.2, -0.15) is 4.89 Å². The van der Waals surface area contributed by atoms with Crippen LogP contribution in [0.1, 0.15) is 41.0 Å². The first-order valence-corrected chi connectivity index (χ1v) is 8.68. The maximum Gasteiger partial charge on any atom is 0.532 e. The van der Waals surface area contributed by atoms with Crippen LogP contribution in [0.25, 0.3) is 0 Å². The van der Waals surface area contributed by atoms with E-state index >= 15 is 0 Å². The van der Waals surface area contributed by atoms with E-state index in [0.717, 1.165) is 6.92 Å². The van der Waals surface area contributed by atoms with Crippen molar-refractivity contribution in [1.82, 2.24) is 5.32 Å². The van der Waals surface area contributed by atoms with Crippen LogP contribution < -0.4 is 5.32 Å². The molecule has 0 rings (SSSR count). The normalized spacial score (nSPS) is 13.3. The van der Waals surface area contributed by atoms with Gasteiger partial charge in [0.15, 0.2) is 0 Å². The minimum atomic E-state index is -3.08. The third kappa shape index (κ3) is 5.55. The molecular formula is C14H25NO7P+. The first-order chi connectivity index (χ1) is 10.6. The van der Waals surface area contributed by atoms with Crippen LogP contribution in [-0.4, -0.2) is 41.7 Å². The van der Waals surface area contributed by atoms with E-state index in [-0.39, 0.29) is 25.6 Å². The van der Waals surface area contributed by atoms with Crippen LogP contribution >= 0.6 is 8.03 Å². The SMILES string of the molecule is CCOC(=O)C(CC(C)C)(C(=O)OCC)C(NC(C)=O)[P+](=O)O. The van der Waals surface area contributed by atoms with E-state index in [9.17, 15) is 23.8 Å². The Kier molecular flexibility index (Phi) is 8.94. The highest BCUT2D eigenvalue weighted by Crippen LogP contribution is 2.43. The summed E-state index contributed by atoms with van der Waals surface area (Å²) in [4.78, 5) is 46.1. The van der Waals surface area contributed by atoms with E-state index in [0.29, 0.717) is 0 Å². The number of carbonyl (C=O) groups is 3. The summed E-state index contributed by atoms with van der Waals surface area (Å²) in [5.74, 6) is -4.44. The lowest BCUT2D eigenvalue weighted by atomic mass is 9.79. The molecule has 0 spiro atoms. The number of esters is 2. The minimum absolute atomic E-state index is 0.0207. The molecule has 0 aliphatic carbocycles. The van der Waals surface area contributed by atoms with Crippen molar-refractivity contribution in [2.24, 2.45) is 11.3 Å². The van der Waals surface area contributed by atoms with Gasteiger partial charge >= 0.3 is 20.0 Å². The van der Waals surface area contributed by atoms with Gasteiger partial charge in [0.1, 0.15) is 0 Å². The van der Waals surface area contributed by atoms with Gasteiger partial charge in [-0.15, -0.1) is 0 Å². The first kappa shape index (κ1) is 21.5. The van der Waals surface area contributed by atoms with Gasteiger partial charge in [-0.3, -0.25) is 14.4 Å². The van der Waals surface area contributed by atoms with Gasteiger partial charge in [-0.25, -0.2) is 0 Å². The maximum absolute atomic E-state index is 12.5. The van der Waals surface area contributed by atoms with E-state index < -0.39 is 37.1 Å². The zero-order valence-electron chi connectivity index (χ0n) is 14.1. The van der Waals surface area contributed by atoms with Gasteiger partial charge in [-0.1, -0.05) is 13.8 Å². The van der Waals surface area contributed by atoms with Crippen LogP contribution in [-0.2, 0) is 28.4 Å². The molecule has 0 saturated heterocycles. The Labute approximate surface area is 136 Å². The molecule has 2 atom stereocenters. The molecule has 2 N–H and O–H groups in total. The molecule has 0 aromatic rings. The van der Waals surface area contributed by atoms with Crippen molar-refractivity contribution in [3.63, 3.8) is 0 Å². The van der Waals surface area contributed by atoms with Gasteiger partial charge in [-0.05, 0) is 30.8 Å². The van der Waals surface area contributed by atoms with Crippen LogP contribution in [0.4, 0.5) is 0 Å². The summed E-state index contributed by atoms with van der Waals surface area (Å²) in [6.45, 7) is 7.67. The molecular weight excluding hydrogens is 325 g/mol. The number of rotatable bonds is 9. The Morgan fingerprint density at radius 2 is 1.57 bits per heavy atom. The zero-order valence-corrected chi connectivity index (χ0v) is 15.0. The van der Waals surface area contributed by atoms with Crippen molar-refractivity contribution in [3.05, 3.63) is 0 Å². The molecule has 132 valence electrons. The summed E-state index contributed by atoms with van der Waals surface area (Å²) < 4.78 is 21.7. The molecule has 1 amide bonds. The summed E-state index contributed by atoms with van der Waals surface area (Å²) in [5, 5.41) is 2.23. The summed E-state index contributed by atoms with van der Waals surface area (Å²) in [6.07, 6.45) is -0.1000. The van der Waals surface area contributed by atoms with Crippen LogP contribution in [0.3, 0.4) is 0 Å². The summed E-state index contributed by atoms with van der Waals surface area (Å²) >= 11 is 0. The van der Waals surface area contributed by atoms with E-state index in [1.807, 2.05) is 0 Å². The Balaban J connectivity index is 6.22. The van der Waals surface area contributed by atoms with Gasteiger partial charge in [0.2, 0.25) is 11.3 Å². The molecule has 2 unspecified atom stereocenters. The predicted molar refractivity (Wildman–Crippen MR) is 82.6 cm³/mol. The van der Waals surface area contributed by atoms with Gasteiger partial charge in [0.05, 0.1) is 13.2 Å². The number of carbonyl (C=O) groups excluding carboxylic acids is 3. The van der Waals surface area contributed by atoms with E-state index in [1.165, 1.54) is 0 Å². The Hall–Kier alpha value is -1.53. The number of ether oxygens (including phenoxy) is 2. The second-order valence-electron chi connectivity index (χ2n) is 5.42. The third-order valence-corrected chi connectivity index (χ3v) is 4.05. The minimum Gasteiger partial charge on any atom is -0.465 e. The van der Waals surface area contributed by atoms with E-state index in [1.54, 1.807) is 27.7 Å². The fourth-order valence-electron chi connectivity index (χ4n) is 2.31. The second-order valence-corrected chi connectivity index (χ2v) is 6.54. The molecule has 0 aromatic carbocycles. The smallest absolute Gasteiger partial charge is 0.465 e. The fourth-order valence-corrected chi connectivity index (χ4v) is 3.29. The predicted octanol–water partition coefficient (Wildman–Crippen LogP) is 1.34. The van der Waals surface area contributed by atoms with Crippen molar-refractivity contribution in [3.8, 4) is 0 Å². The maximum atomic E-state index is 12.5. The lowest BCUT2D eigenvalue weighted by Gasteiger charge is -2.31. The molecule has 0 aliphatic heterocycles. The molecule has 0 aromatic heterocycles. The zero-order chi connectivity index (χ0) is 18.2. The summed E-state index contributed by atoms with van der Waals surface area (Å²) in [6, 6.07) is 0. The van der Waals surface area contributed by atoms with E-state index in [2.05, 4.69) is 5.32 Å². The standard InChI is InChI=1S/C14H24NO7P/c1-6-21-12(17)14(8-9(3)4,13(18)22-7-2)11(23(19)20)15-10(5)16/h9,11H,6-8H2,1-5H3,(H-,15,16,19,20)/p+1. The molecule has 0 bridgehead atoms. The fraction of sp³-hybridized carbons (Fsp3) is 0.786. The number of nitrogens with one attached hydrogen (secondary N) is 1. The van der Waals surface area contributed by atoms with Gasteiger partial charge in [0.25, 0.3) is 5.78 Å². The number of hydrogen-bond donors (Lipinski definition) is 2. The van der Waals surface area contributed by atoms with Crippen LogP contribution in [0.2, 0.25) is 0 Å². The average molecular weight is 350 g/mol. The summed E-state index contributed by atoms with van der Waals surface area (Å²) in [7, 11) is -3.08. The topological polar surface area (TPSA) is 119 Å².